The van der Waals surface area contributed by atoms with E-state index in [-0.39, 0.29) is 24.6 Å². The number of hydrogen-bond acceptors (Lipinski definition) is 10. The summed E-state index contributed by atoms with van der Waals surface area (Å²) in [6.07, 6.45) is -0.316. The van der Waals surface area contributed by atoms with E-state index in [0.717, 1.165) is 19.3 Å². The number of hydrogen-bond donors (Lipinski definition) is 4. The number of fused-ring (bicyclic) bond motifs is 2. The maximum Gasteiger partial charge on any atom is 0.334 e. The van der Waals surface area contributed by atoms with Crippen molar-refractivity contribution in [1.82, 2.24) is 5.32 Å². The van der Waals surface area contributed by atoms with Crippen molar-refractivity contribution in [2.75, 3.05) is 20.2 Å². The van der Waals surface area contributed by atoms with Crippen LogP contribution in [0.3, 0.4) is 0 Å². The molecule has 1 aromatic rings. The molecule has 2 heterocycles. The maximum atomic E-state index is 13.3. The third kappa shape index (κ3) is 5.87. The standard InChI is InChI=1S/C24H33NO9/c1-4-5-6-7-16(10-15-8-9-17(27)18(11-15)31-3)23(29)33-22-21(32-14(2)26)20(28)19-12-25-13-24(22,30)34-19/h8-11,19-22,25,27-28,30H,4-7,12-13H2,1-3H3. The van der Waals surface area contributed by atoms with Crippen molar-refractivity contribution in [3.63, 3.8) is 0 Å². The zero-order valence-electron chi connectivity index (χ0n) is 19.7. The third-order valence-corrected chi connectivity index (χ3v) is 5.93. The van der Waals surface area contributed by atoms with Gasteiger partial charge in [0.2, 0.25) is 5.79 Å². The molecule has 0 spiro atoms. The van der Waals surface area contributed by atoms with Gasteiger partial charge in [-0.05, 0) is 36.6 Å². The van der Waals surface area contributed by atoms with E-state index in [4.69, 9.17) is 18.9 Å². The highest BCUT2D eigenvalue weighted by atomic mass is 16.7. The minimum Gasteiger partial charge on any atom is -0.504 e. The predicted octanol–water partition coefficient (Wildman–Crippen LogP) is 1.26. The molecule has 1 aromatic carbocycles. The normalized spacial score (nSPS) is 28.8. The van der Waals surface area contributed by atoms with Gasteiger partial charge in [0.15, 0.2) is 23.7 Å². The number of aliphatic hydroxyl groups is 2. The number of benzene rings is 1. The van der Waals surface area contributed by atoms with E-state index in [2.05, 4.69) is 5.32 Å². The van der Waals surface area contributed by atoms with E-state index in [1.165, 1.54) is 20.1 Å². The number of aromatic hydroxyl groups is 1. The highest BCUT2D eigenvalue weighted by molar-refractivity contribution is 5.94. The number of aliphatic hydroxyl groups excluding tert-OH is 1. The largest absolute Gasteiger partial charge is 0.504 e. The second-order valence-corrected chi connectivity index (χ2v) is 8.58. The molecule has 2 fully saturated rings. The Morgan fingerprint density at radius 2 is 2.06 bits per heavy atom. The summed E-state index contributed by atoms with van der Waals surface area (Å²) in [5.41, 5.74) is 0.916. The fourth-order valence-electron chi connectivity index (χ4n) is 4.20. The summed E-state index contributed by atoms with van der Waals surface area (Å²) in [6, 6.07) is 4.67. The number of morpholine rings is 1. The molecule has 0 saturated carbocycles. The van der Waals surface area contributed by atoms with Crippen molar-refractivity contribution in [2.24, 2.45) is 0 Å². The Bertz CT molecular complexity index is 918. The molecular formula is C24H33NO9. The van der Waals surface area contributed by atoms with Crippen LogP contribution >= 0.6 is 0 Å². The molecule has 34 heavy (non-hydrogen) atoms. The van der Waals surface area contributed by atoms with Crippen LogP contribution in [0.25, 0.3) is 6.08 Å². The molecule has 3 rings (SSSR count). The van der Waals surface area contributed by atoms with E-state index >= 15 is 0 Å². The maximum absolute atomic E-state index is 13.3. The lowest BCUT2D eigenvalue weighted by Crippen LogP contribution is -2.73. The Kier molecular flexibility index (Phi) is 8.53. The number of unbranched alkanes of at least 4 members (excludes halogenated alkanes) is 2. The van der Waals surface area contributed by atoms with Crippen LogP contribution in [0.4, 0.5) is 0 Å². The van der Waals surface area contributed by atoms with Gasteiger partial charge >= 0.3 is 11.9 Å². The first-order chi connectivity index (χ1) is 16.2. The predicted molar refractivity (Wildman–Crippen MR) is 121 cm³/mol. The first-order valence-electron chi connectivity index (χ1n) is 11.4. The molecule has 5 unspecified atom stereocenters. The highest BCUT2D eigenvalue weighted by Gasteiger charge is 2.59. The van der Waals surface area contributed by atoms with E-state index < -0.39 is 42.1 Å². The molecular weight excluding hydrogens is 446 g/mol. The molecule has 10 nitrogen and oxygen atoms in total. The molecule has 0 amide bonds. The van der Waals surface area contributed by atoms with Gasteiger partial charge in [0.05, 0.1) is 13.7 Å². The molecule has 10 heteroatoms. The first kappa shape index (κ1) is 26.0. The van der Waals surface area contributed by atoms with Crippen molar-refractivity contribution in [1.29, 1.82) is 0 Å². The van der Waals surface area contributed by atoms with Gasteiger partial charge in [-0.3, -0.25) is 4.79 Å². The molecule has 4 N–H and O–H groups in total. The molecule has 5 atom stereocenters. The fourth-order valence-corrected chi connectivity index (χ4v) is 4.20. The number of ether oxygens (including phenoxy) is 4. The van der Waals surface area contributed by atoms with Crippen molar-refractivity contribution >= 4 is 18.0 Å². The number of nitrogens with one attached hydrogen (secondary N) is 1. The summed E-state index contributed by atoms with van der Waals surface area (Å²) in [5, 5.41) is 34.5. The van der Waals surface area contributed by atoms with E-state index in [0.29, 0.717) is 17.6 Å². The number of phenols is 1. The third-order valence-electron chi connectivity index (χ3n) is 5.93. The van der Waals surface area contributed by atoms with E-state index in [1.54, 1.807) is 18.2 Å². The molecule has 2 aliphatic rings. The van der Waals surface area contributed by atoms with E-state index in [9.17, 15) is 24.9 Å². The topological polar surface area (TPSA) is 144 Å². The van der Waals surface area contributed by atoms with Crippen LogP contribution in [0.5, 0.6) is 11.5 Å². The quantitative estimate of drug-likeness (QED) is 0.232. The van der Waals surface area contributed by atoms with Crippen molar-refractivity contribution < 1.29 is 43.9 Å². The van der Waals surface area contributed by atoms with Crippen LogP contribution in [0.15, 0.2) is 23.8 Å². The number of carbonyl (C=O) groups excluding carboxylic acids is 2. The molecule has 0 radical (unpaired) electrons. The smallest absolute Gasteiger partial charge is 0.334 e. The average Bonchev–Trinajstić information content (AvgIpc) is 2.80. The summed E-state index contributed by atoms with van der Waals surface area (Å²) in [6.45, 7) is 3.38. The lowest BCUT2D eigenvalue weighted by Gasteiger charge is -2.51. The van der Waals surface area contributed by atoms with Crippen molar-refractivity contribution in [3.05, 3.63) is 29.3 Å². The SMILES string of the molecule is CCCCCC(=Cc1ccc(O)c(OC)c1)C(=O)OC1C(OC(C)=O)C(O)C2CNCC1(O)O2. The Hall–Kier alpha value is -2.66. The van der Waals surface area contributed by atoms with Crippen LogP contribution in [-0.2, 0) is 23.8 Å². The summed E-state index contributed by atoms with van der Waals surface area (Å²) in [7, 11) is 1.43. The van der Waals surface area contributed by atoms with Crippen LogP contribution in [-0.4, -0.2) is 77.7 Å². The number of carbonyl (C=O) groups is 2. The molecule has 0 aromatic heterocycles. The monoisotopic (exact) mass is 479 g/mol. The zero-order chi connectivity index (χ0) is 24.9. The number of rotatable bonds is 9. The molecule has 2 aliphatic heterocycles. The molecule has 2 bridgehead atoms. The van der Waals surface area contributed by atoms with Crippen LogP contribution < -0.4 is 10.1 Å². The fraction of sp³-hybridized carbons (Fsp3) is 0.583. The Labute approximate surface area is 198 Å². The van der Waals surface area contributed by atoms with Crippen LogP contribution in [0, 0.1) is 0 Å². The second kappa shape index (κ2) is 11.2. The molecule has 2 saturated heterocycles. The Morgan fingerprint density at radius 1 is 1.29 bits per heavy atom. The molecule has 188 valence electrons. The van der Waals surface area contributed by atoms with Gasteiger partial charge in [-0.1, -0.05) is 25.8 Å². The van der Waals surface area contributed by atoms with Crippen molar-refractivity contribution in [2.45, 2.75) is 69.7 Å². The summed E-state index contributed by atoms with van der Waals surface area (Å²) < 4.78 is 21.7. The van der Waals surface area contributed by atoms with Gasteiger partial charge < -0.3 is 39.6 Å². The molecule has 0 aliphatic carbocycles. The van der Waals surface area contributed by atoms with Crippen LogP contribution in [0.1, 0.15) is 45.1 Å². The van der Waals surface area contributed by atoms with E-state index in [1.807, 2.05) is 6.92 Å². The van der Waals surface area contributed by atoms with Gasteiger partial charge in [-0.2, -0.15) is 0 Å². The number of β-amino-alcohol motifs (C(OH)–C–C–N with tert-alkyl or cyclic N) is 1. The van der Waals surface area contributed by atoms with Crippen molar-refractivity contribution in [3.8, 4) is 11.5 Å². The summed E-state index contributed by atoms with van der Waals surface area (Å²) in [4.78, 5) is 25.0. The Balaban J connectivity index is 1.90. The number of phenolic OH excluding ortho intramolecular Hbond substituents is 1. The summed E-state index contributed by atoms with van der Waals surface area (Å²) >= 11 is 0. The summed E-state index contributed by atoms with van der Waals surface area (Å²) in [5.74, 6) is -3.18. The van der Waals surface area contributed by atoms with Gasteiger partial charge in [0.25, 0.3) is 0 Å². The van der Waals surface area contributed by atoms with Gasteiger partial charge in [-0.15, -0.1) is 0 Å². The number of esters is 2. The first-order valence-corrected chi connectivity index (χ1v) is 11.4. The van der Waals surface area contributed by atoms with Gasteiger partial charge in [0.1, 0.15) is 12.2 Å². The Morgan fingerprint density at radius 3 is 2.74 bits per heavy atom. The lowest BCUT2D eigenvalue weighted by atomic mass is 9.89. The minimum atomic E-state index is -1.98. The lowest BCUT2D eigenvalue weighted by molar-refractivity contribution is -0.355. The van der Waals surface area contributed by atoms with Gasteiger partial charge in [-0.25, -0.2) is 4.79 Å². The highest BCUT2D eigenvalue weighted by Crippen LogP contribution is 2.35. The minimum absolute atomic E-state index is 0.0334. The average molecular weight is 480 g/mol. The van der Waals surface area contributed by atoms with Gasteiger partial charge in [0, 0.05) is 19.0 Å². The number of methoxy groups -OCH3 is 1. The van der Waals surface area contributed by atoms with Crippen LogP contribution in [0.2, 0.25) is 0 Å². The zero-order valence-corrected chi connectivity index (χ0v) is 19.7. The second-order valence-electron chi connectivity index (χ2n) is 8.58.